The molecule has 0 saturated heterocycles. The number of hydrogen-bond donors (Lipinski definition) is 2. The third-order valence-electron chi connectivity index (χ3n) is 3.29. The number of aryl methyl sites for hydroxylation is 2. The Hall–Kier alpha value is -1.62. The molecule has 0 aliphatic heterocycles. The first kappa shape index (κ1) is 14.8. The van der Waals surface area contributed by atoms with Crippen LogP contribution in [0.5, 0.6) is 0 Å². The Bertz CT molecular complexity index is 558. The van der Waals surface area contributed by atoms with Crippen LogP contribution in [0.1, 0.15) is 34.7 Å². The minimum Gasteiger partial charge on any atom is -0.370 e. The highest BCUT2D eigenvalue weighted by atomic mass is 32.1. The van der Waals surface area contributed by atoms with Crippen LogP contribution >= 0.6 is 11.3 Å². The lowest BCUT2D eigenvalue weighted by atomic mass is 10.2. The van der Waals surface area contributed by atoms with E-state index in [0.29, 0.717) is 0 Å². The van der Waals surface area contributed by atoms with Gasteiger partial charge in [-0.1, -0.05) is 6.92 Å². The van der Waals surface area contributed by atoms with Crippen molar-refractivity contribution < 1.29 is 0 Å². The molecule has 0 atom stereocenters. The van der Waals surface area contributed by atoms with E-state index in [-0.39, 0.29) is 0 Å². The standard InChI is InChI=1S/C15H22N4S/c1-5-13-14(16-6-2)18-9-19-15(13)17-8-12-7-10(3)11(4)20-12/h7,9H,5-6,8H2,1-4H3,(H2,16,17,18,19). The second kappa shape index (κ2) is 6.70. The topological polar surface area (TPSA) is 49.8 Å². The summed E-state index contributed by atoms with van der Waals surface area (Å²) >= 11 is 1.84. The molecule has 0 amide bonds. The van der Waals surface area contributed by atoms with Crippen molar-refractivity contribution in [3.05, 3.63) is 33.3 Å². The largest absolute Gasteiger partial charge is 0.370 e. The zero-order valence-electron chi connectivity index (χ0n) is 12.6. The molecule has 2 aromatic heterocycles. The van der Waals surface area contributed by atoms with Gasteiger partial charge in [0, 0.05) is 21.9 Å². The van der Waals surface area contributed by atoms with Crippen LogP contribution in [0.2, 0.25) is 0 Å². The van der Waals surface area contributed by atoms with E-state index in [2.05, 4.69) is 54.4 Å². The number of hydrogen-bond acceptors (Lipinski definition) is 5. The molecule has 2 rings (SSSR count). The predicted molar refractivity (Wildman–Crippen MR) is 86.7 cm³/mol. The van der Waals surface area contributed by atoms with Gasteiger partial charge in [-0.3, -0.25) is 0 Å². The summed E-state index contributed by atoms with van der Waals surface area (Å²) in [5.41, 5.74) is 2.51. The van der Waals surface area contributed by atoms with Crippen molar-refractivity contribution >= 4 is 23.0 Å². The Labute approximate surface area is 124 Å². The third-order valence-corrected chi connectivity index (χ3v) is 4.44. The van der Waals surface area contributed by atoms with Gasteiger partial charge in [0.2, 0.25) is 0 Å². The SMILES string of the molecule is CCNc1ncnc(NCc2cc(C)c(C)s2)c1CC. The van der Waals surface area contributed by atoms with Crippen molar-refractivity contribution in [1.29, 1.82) is 0 Å². The lowest BCUT2D eigenvalue weighted by Gasteiger charge is -2.13. The Balaban J connectivity index is 2.14. The molecule has 0 saturated carbocycles. The molecule has 0 aromatic carbocycles. The maximum absolute atomic E-state index is 4.38. The molecule has 0 bridgehead atoms. The molecule has 4 nitrogen and oxygen atoms in total. The van der Waals surface area contributed by atoms with Gasteiger partial charge in [0.25, 0.3) is 0 Å². The maximum atomic E-state index is 4.38. The van der Waals surface area contributed by atoms with Gasteiger partial charge in [0.1, 0.15) is 18.0 Å². The highest BCUT2D eigenvalue weighted by molar-refractivity contribution is 7.12. The number of nitrogens with one attached hydrogen (secondary N) is 2. The fourth-order valence-corrected chi connectivity index (χ4v) is 3.12. The molecule has 2 N–H and O–H groups in total. The van der Waals surface area contributed by atoms with Gasteiger partial charge in [0.15, 0.2) is 0 Å². The maximum Gasteiger partial charge on any atom is 0.135 e. The van der Waals surface area contributed by atoms with Crippen molar-refractivity contribution in [3.63, 3.8) is 0 Å². The molecule has 0 radical (unpaired) electrons. The molecular weight excluding hydrogens is 268 g/mol. The molecule has 2 aromatic rings. The molecule has 5 heteroatoms. The van der Waals surface area contributed by atoms with E-state index in [0.717, 1.165) is 36.7 Å². The third kappa shape index (κ3) is 3.28. The van der Waals surface area contributed by atoms with Crippen LogP contribution in [0.4, 0.5) is 11.6 Å². The minimum absolute atomic E-state index is 0.814. The van der Waals surface area contributed by atoms with E-state index in [4.69, 9.17) is 0 Å². The fraction of sp³-hybridized carbons (Fsp3) is 0.467. The van der Waals surface area contributed by atoms with Crippen LogP contribution in [-0.2, 0) is 13.0 Å². The Morgan fingerprint density at radius 1 is 1.10 bits per heavy atom. The monoisotopic (exact) mass is 290 g/mol. The summed E-state index contributed by atoms with van der Waals surface area (Å²) in [6.07, 6.45) is 2.53. The van der Waals surface area contributed by atoms with E-state index >= 15 is 0 Å². The molecule has 0 unspecified atom stereocenters. The Kier molecular flexibility index (Phi) is 4.95. The van der Waals surface area contributed by atoms with Gasteiger partial charge < -0.3 is 10.6 Å². The summed E-state index contributed by atoms with van der Waals surface area (Å²) in [5.74, 6) is 1.87. The number of rotatable bonds is 6. The smallest absolute Gasteiger partial charge is 0.135 e. The molecule has 0 aliphatic rings. The molecule has 2 heterocycles. The zero-order valence-corrected chi connectivity index (χ0v) is 13.4. The minimum atomic E-state index is 0.814. The summed E-state index contributed by atoms with van der Waals surface area (Å²) in [4.78, 5) is 11.4. The molecule has 20 heavy (non-hydrogen) atoms. The lowest BCUT2D eigenvalue weighted by molar-refractivity contribution is 1.00. The van der Waals surface area contributed by atoms with Gasteiger partial charge in [-0.05, 0) is 38.8 Å². The summed E-state index contributed by atoms with van der Waals surface area (Å²) in [7, 11) is 0. The lowest BCUT2D eigenvalue weighted by Crippen LogP contribution is -2.09. The second-order valence-electron chi connectivity index (χ2n) is 4.74. The first-order chi connectivity index (χ1) is 9.65. The molecule has 0 fully saturated rings. The highest BCUT2D eigenvalue weighted by Gasteiger charge is 2.09. The van der Waals surface area contributed by atoms with Crippen LogP contribution in [0.15, 0.2) is 12.4 Å². The van der Waals surface area contributed by atoms with Gasteiger partial charge >= 0.3 is 0 Å². The quantitative estimate of drug-likeness (QED) is 0.850. The number of nitrogens with zero attached hydrogens (tertiary/aromatic N) is 2. The van der Waals surface area contributed by atoms with Crippen LogP contribution < -0.4 is 10.6 Å². The van der Waals surface area contributed by atoms with Gasteiger partial charge in [-0.15, -0.1) is 11.3 Å². The van der Waals surface area contributed by atoms with Crippen molar-refractivity contribution in [2.24, 2.45) is 0 Å². The average molecular weight is 290 g/mol. The predicted octanol–water partition coefficient (Wildman–Crippen LogP) is 3.76. The van der Waals surface area contributed by atoms with E-state index in [9.17, 15) is 0 Å². The van der Waals surface area contributed by atoms with Crippen LogP contribution in [0, 0.1) is 13.8 Å². The average Bonchev–Trinajstić information content (AvgIpc) is 2.76. The first-order valence-corrected chi connectivity index (χ1v) is 7.84. The fourth-order valence-electron chi connectivity index (χ4n) is 2.13. The van der Waals surface area contributed by atoms with Crippen LogP contribution in [-0.4, -0.2) is 16.5 Å². The van der Waals surface area contributed by atoms with Gasteiger partial charge in [-0.25, -0.2) is 9.97 Å². The molecule has 0 aliphatic carbocycles. The number of anilines is 2. The molecule has 108 valence electrons. The second-order valence-corrected chi connectivity index (χ2v) is 6.08. The van der Waals surface area contributed by atoms with E-state index in [1.807, 2.05) is 11.3 Å². The number of aromatic nitrogens is 2. The summed E-state index contributed by atoms with van der Waals surface area (Å²) < 4.78 is 0. The van der Waals surface area contributed by atoms with E-state index in [1.165, 1.54) is 15.3 Å². The normalized spacial score (nSPS) is 10.6. The Morgan fingerprint density at radius 3 is 2.35 bits per heavy atom. The molecular formula is C15H22N4S. The van der Waals surface area contributed by atoms with Crippen molar-refractivity contribution in [2.45, 2.75) is 40.7 Å². The van der Waals surface area contributed by atoms with Crippen LogP contribution in [0.3, 0.4) is 0 Å². The van der Waals surface area contributed by atoms with Gasteiger partial charge in [-0.2, -0.15) is 0 Å². The van der Waals surface area contributed by atoms with Crippen molar-refractivity contribution in [3.8, 4) is 0 Å². The zero-order chi connectivity index (χ0) is 14.5. The van der Waals surface area contributed by atoms with E-state index in [1.54, 1.807) is 6.33 Å². The Morgan fingerprint density at radius 2 is 1.80 bits per heavy atom. The first-order valence-electron chi connectivity index (χ1n) is 7.03. The summed E-state index contributed by atoms with van der Waals surface area (Å²) in [6.45, 7) is 10.2. The highest BCUT2D eigenvalue weighted by Crippen LogP contribution is 2.24. The van der Waals surface area contributed by atoms with Crippen molar-refractivity contribution in [1.82, 2.24) is 9.97 Å². The van der Waals surface area contributed by atoms with E-state index < -0.39 is 0 Å². The van der Waals surface area contributed by atoms with Crippen molar-refractivity contribution in [2.75, 3.05) is 17.2 Å². The van der Waals surface area contributed by atoms with Crippen LogP contribution in [0.25, 0.3) is 0 Å². The summed E-state index contributed by atoms with van der Waals surface area (Å²) in [6, 6.07) is 2.24. The number of thiophene rings is 1. The summed E-state index contributed by atoms with van der Waals surface area (Å²) in [5, 5.41) is 6.73. The molecule has 0 spiro atoms. The van der Waals surface area contributed by atoms with Gasteiger partial charge in [0.05, 0.1) is 6.54 Å².